The molecule has 1 amide bonds. The van der Waals surface area contributed by atoms with Gasteiger partial charge in [-0.25, -0.2) is 15.1 Å². The molecule has 0 bridgehead atoms. The average Bonchev–Trinajstić information content (AvgIpc) is 3.22. The van der Waals surface area contributed by atoms with Crippen LogP contribution in [0.15, 0.2) is 90.0 Å². The van der Waals surface area contributed by atoms with Crippen LogP contribution in [0.1, 0.15) is 16.2 Å². The number of hydrazone groups is 1. The summed E-state index contributed by atoms with van der Waals surface area (Å²) in [6.07, 6.45) is 1.48. The largest absolute Gasteiger partial charge is 0.508 e. The predicted molar refractivity (Wildman–Crippen MR) is 110 cm³/mol. The summed E-state index contributed by atoms with van der Waals surface area (Å²) in [7, 11) is 0. The van der Waals surface area contributed by atoms with Crippen molar-refractivity contribution in [3.63, 3.8) is 0 Å². The number of para-hydroxylation sites is 1. The first-order chi connectivity index (χ1) is 14.2. The van der Waals surface area contributed by atoms with Crippen molar-refractivity contribution in [1.29, 1.82) is 0 Å². The van der Waals surface area contributed by atoms with Gasteiger partial charge in [-0.2, -0.15) is 5.10 Å². The van der Waals surface area contributed by atoms with E-state index in [2.05, 4.69) is 20.6 Å². The molecule has 1 aromatic heterocycles. The fourth-order valence-electron chi connectivity index (χ4n) is 2.71. The lowest BCUT2D eigenvalue weighted by Crippen LogP contribution is -2.19. The fraction of sp³-hybridized carbons (Fsp3) is 0. The van der Waals surface area contributed by atoms with Crippen molar-refractivity contribution in [2.24, 2.45) is 5.10 Å². The second-order valence-corrected chi connectivity index (χ2v) is 6.16. The molecular weight excluding hydrogens is 366 g/mol. The minimum Gasteiger partial charge on any atom is -0.508 e. The monoisotopic (exact) mass is 383 g/mol. The lowest BCUT2D eigenvalue weighted by atomic mass is 10.2. The molecule has 4 rings (SSSR count). The van der Waals surface area contributed by atoms with E-state index in [1.165, 1.54) is 6.21 Å². The highest BCUT2D eigenvalue weighted by atomic mass is 16.3. The van der Waals surface area contributed by atoms with Crippen molar-refractivity contribution in [2.45, 2.75) is 0 Å². The van der Waals surface area contributed by atoms with Gasteiger partial charge in [0.1, 0.15) is 5.75 Å². The molecule has 0 radical (unpaired) electrons. The van der Waals surface area contributed by atoms with Crippen molar-refractivity contribution in [3.8, 4) is 22.8 Å². The summed E-state index contributed by atoms with van der Waals surface area (Å²) in [5.74, 6) is 0.210. The summed E-state index contributed by atoms with van der Waals surface area (Å²) in [4.78, 5) is 16.9. The van der Waals surface area contributed by atoms with Gasteiger partial charge >= 0.3 is 5.91 Å². The third kappa shape index (κ3) is 4.19. The van der Waals surface area contributed by atoms with Crippen LogP contribution in [0.3, 0.4) is 0 Å². The molecule has 0 unspecified atom stereocenters. The maximum atomic E-state index is 12.5. The summed E-state index contributed by atoms with van der Waals surface area (Å²) in [5, 5.41) is 17.6. The number of phenols is 1. The molecule has 0 atom stereocenters. The number of carbonyl (C=O) groups is 1. The van der Waals surface area contributed by atoms with E-state index < -0.39 is 5.91 Å². The van der Waals surface area contributed by atoms with Gasteiger partial charge in [0.05, 0.1) is 11.9 Å². The van der Waals surface area contributed by atoms with Crippen molar-refractivity contribution in [2.75, 3.05) is 0 Å². The Morgan fingerprint density at radius 2 is 1.59 bits per heavy atom. The Balaban J connectivity index is 1.61. The molecule has 0 saturated carbocycles. The molecule has 0 aliphatic heterocycles. The molecular formula is C22H17N5O2. The quantitative estimate of drug-likeness (QED) is 0.408. The number of hydrogen-bond acceptors (Lipinski definition) is 5. The number of benzene rings is 3. The number of aromatic hydroxyl groups is 1. The first-order valence-corrected chi connectivity index (χ1v) is 8.91. The zero-order chi connectivity index (χ0) is 20.1. The highest BCUT2D eigenvalue weighted by Gasteiger charge is 2.18. The highest BCUT2D eigenvalue weighted by molar-refractivity contribution is 5.92. The van der Waals surface area contributed by atoms with Gasteiger partial charge in [0.2, 0.25) is 5.82 Å². The van der Waals surface area contributed by atoms with Crippen molar-refractivity contribution in [3.05, 3.63) is 96.3 Å². The van der Waals surface area contributed by atoms with Crippen LogP contribution in [0, 0.1) is 0 Å². The number of hydrogen-bond donors (Lipinski definition) is 2. The first kappa shape index (κ1) is 18.1. The molecule has 29 heavy (non-hydrogen) atoms. The Hall–Kier alpha value is -4.26. The van der Waals surface area contributed by atoms with E-state index in [4.69, 9.17) is 0 Å². The summed E-state index contributed by atoms with van der Waals surface area (Å²) in [6.45, 7) is 0. The van der Waals surface area contributed by atoms with Crippen LogP contribution < -0.4 is 5.43 Å². The number of nitrogens with zero attached hydrogens (tertiary/aromatic N) is 4. The minimum absolute atomic E-state index is 0.00978. The number of carbonyl (C=O) groups excluding carboxylic acids is 1. The third-order valence-electron chi connectivity index (χ3n) is 4.12. The predicted octanol–water partition coefficient (Wildman–Crippen LogP) is 3.40. The second-order valence-electron chi connectivity index (χ2n) is 6.16. The van der Waals surface area contributed by atoms with Crippen molar-refractivity contribution in [1.82, 2.24) is 20.2 Å². The maximum absolute atomic E-state index is 12.5. The van der Waals surface area contributed by atoms with Crippen LogP contribution in [0.5, 0.6) is 5.75 Å². The number of rotatable bonds is 5. The van der Waals surface area contributed by atoms with Crippen LogP contribution in [-0.2, 0) is 0 Å². The number of aromatic nitrogens is 3. The highest BCUT2D eigenvalue weighted by Crippen LogP contribution is 2.20. The van der Waals surface area contributed by atoms with Crippen LogP contribution in [-0.4, -0.2) is 32.0 Å². The Bertz CT molecular complexity index is 1080. The standard InChI is InChI=1S/C22H17N5O2/c28-19-13-11-16(12-14-19)15-23-25-22(29)20-24-21(17-7-3-1-4-8-17)27(26-20)18-9-5-2-6-10-18/h1-15,28H,(H,25,29)/b23-15-. The number of amides is 1. The van der Waals surface area contributed by atoms with Gasteiger partial charge in [0, 0.05) is 5.56 Å². The van der Waals surface area contributed by atoms with E-state index in [9.17, 15) is 9.90 Å². The SMILES string of the molecule is O=C(N/N=C\c1ccc(O)cc1)c1nc(-c2ccccc2)n(-c2ccccc2)n1. The van der Waals surface area contributed by atoms with E-state index in [1.54, 1.807) is 28.9 Å². The van der Waals surface area contributed by atoms with E-state index >= 15 is 0 Å². The Morgan fingerprint density at radius 1 is 0.931 bits per heavy atom. The number of phenolic OH excluding ortho intramolecular Hbond substituents is 1. The summed E-state index contributed by atoms with van der Waals surface area (Å²) >= 11 is 0. The zero-order valence-electron chi connectivity index (χ0n) is 15.3. The molecule has 0 spiro atoms. The lowest BCUT2D eigenvalue weighted by molar-refractivity contribution is 0.0945. The Morgan fingerprint density at radius 3 is 2.28 bits per heavy atom. The lowest BCUT2D eigenvalue weighted by Gasteiger charge is -2.05. The Kier molecular flexibility index (Phi) is 5.11. The van der Waals surface area contributed by atoms with Crippen molar-refractivity contribution >= 4 is 12.1 Å². The molecule has 2 N–H and O–H groups in total. The van der Waals surface area contributed by atoms with Crippen molar-refractivity contribution < 1.29 is 9.90 Å². The first-order valence-electron chi connectivity index (χ1n) is 8.91. The summed E-state index contributed by atoms with van der Waals surface area (Å²) in [5.41, 5.74) is 4.81. The zero-order valence-corrected chi connectivity index (χ0v) is 15.3. The molecule has 0 aliphatic rings. The van der Waals surface area contributed by atoms with Gasteiger partial charge < -0.3 is 5.11 Å². The number of nitrogens with one attached hydrogen (secondary N) is 1. The van der Waals surface area contributed by atoms with E-state index in [1.807, 2.05) is 60.7 Å². The summed E-state index contributed by atoms with van der Waals surface area (Å²) in [6, 6.07) is 25.5. The van der Waals surface area contributed by atoms with Gasteiger partial charge in [-0.05, 0) is 42.0 Å². The van der Waals surface area contributed by atoms with E-state index in [0.29, 0.717) is 5.82 Å². The molecule has 1 heterocycles. The molecule has 3 aromatic carbocycles. The van der Waals surface area contributed by atoms with Gasteiger partial charge in [0.25, 0.3) is 0 Å². The van der Waals surface area contributed by atoms with Crippen LogP contribution in [0.25, 0.3) is 17.1 Å². The maximum Gasteiger partial charge on any atom is 0.311 e. The van der Waals surface area contributed by atoms with E-state index in [0.717, 1.165) is 16.8 Å². The third-order valence-corrected chi connectivity index (χ3v) is 4.12. The Labute approximate surface area is 167 Å². The van der Waals surface area contributed by atoms with Crippen LogP contribution in [0.4, 0.5) is 0 Å². The minimum atomic E-state index is -0.521. The normalized spacial score (nSPS) is 10.9. The molecule has 4 aromatic rings. The molecule has 0 fully saturated rings. The second kappa shape index (κ2) is 8.18. The molecule has 7 heteroatoms. The molecule has 0 saturated heterocycles. The van der Waals surface area contributed by atoms with Crippen LogP contribution in [0.2, 0.25) is 0 Å². The summed E-state index contributed by atoms with van der Waals surface area (Å²) < 4.78 is 1.63. The van der Waals surface area contributed by atoms with Gasteiger partial charge in [-0.3, -0.25) is 4.79 Å². The molecule has 7 nitrogen and oxygen atoms in total. The van der Waals surface area contributed by atoms with Gasteiger partial charge in [-0.15, -0.1) is 5.10 Å². The fourth-order valence-corrected chi connectivity index (χ4v) is 2.71. The van der Waals surface area contributed by atoms with Gasteiger partial charge in [-0.1, -0.05) is 48.5 Å². The van der Waals surface area contributed by atoms with Crippen LogP contribution >= 0.6 is 0 Å². The molecule has 0 aliphatic carbocycles. The molecule has 142 valence electrons. The van der Waals surface area contributed by atoms with Gasteiger partial charge in [0.15, 0.2) is 5.82 Å². The van der Waals surface area contributed by atoms with E-state index in [-0.39, 0.29) is 11.6 Å². The topological polar surface area (TPSA) is 92.4 Å². The average molecular weight is 383 g/mol. The smallest absolute Gasteiger partial charge is 0.311 e.